The SMILES string of the molecule is CCOCc1ccc(CNC(=NC)N2CCC(C)CC2)cc1.I. The van der Waals surface area contributed by atoms with E-state index in [0.717, 1.165) is 38.1 Å². The monoisotopic (exact) mass is 431 g/mol. The second-order valence-electron chi connectivity index (χ2n) is 6.02. The van der Waals surface area contributed by atoms with Gasteiger partial charge in [0.25, 0.3) is 0 Å². The molecule has 0 aliphatic carbocycles. The van der Waals surface area contributed by atoms with Crippen LogP contribution in [0.2, 0.25) is 0 Å². The molecule has 1 aromatic carbocycles. The predicted octanol–water partition coefficient (Wildman–Crippen LogP) is 3.65. The Hall–Kier alpha value is -0.820. The smallest absolute Gasteiger partial charge is 0.193 e. The molecule has 2 rings (SSSR count). The third kappa shape index (κ3) is 6.67. The molecule has 0 spiro atoms. The van der Waals surface area contributed by atoms with Gasteiger partial charge in [0.2, 0.25) is 0 Å². The Labute approximate surface area is 157 Å². The summed E-state index contributed by atoms with van der Waals surface area (Å²) in [6, 6.07) is 8.59. The van der Waals surface area contributed by atoms with E-state index in [2.05, 4.69) is 46.4 Å². The molecule has 1 aliphatic heterocycles. The Balaban J connectivity index is 0.00000264. The van der Waals surface area contributed by atoms with E-state index in [1.54, 1.807) is 0 Å². The van der Waals surface area contributed by atoms with Crippen molar-refractivity contribution in [2.45, 2.75) is 39.8 Å². The van der Waals surface area contributed by atoms with Crippen molar-refractivity contribution >= 4 is 29.9 Å². The summed E-state index contributed by atoms with van der Waals surface area (Å²) in [6.07, 6.45) is 2.51. The van der Waals surface area contributed by atoms with Gasteiger partial charge in [-0.05, 0) is 36.8 Å². The highest BCUT2D eigenvalue weighted by molar-refractivity contribution is 14.0. The molecule has 0 radical (unpaired) electrons. The van der Waals surface area contributed by atoms with Crippen LogP contribution in [-0.2, 0) is 17.9 Å². The van der Waals surface area contributed by atoms with Crippen LogP contribution in [0.1, 0.15) is 37.8 Å². The minimum atomic E-state index is 0. The molecule has 0 bridgehead atoms. The van der Waals surface area contributed by atoms with Crippen LogP contribution in [0.5, 0.6) is 0 Å². The van der Waals surface area contributed by atoms with Gasteiger partial charge in [0.1, 0.15) is 0 Å². The summed E-state index contributed by atoms with van der Waals surface area (Å²) in [6.45, 7) is 8.82. The molecule has 1 N–H and O–H groups in total. The summed E-state index contributed by atoms with van der Waals surface area (Å²) in [4.78, 5) is 6.79. The van der Waals surface area contributed by atoms with Crippen LogP contribution in [0.4, 0.5) is 0 Å². The first-order chi connectivity index (χ1) is 10.7. The molecule has 5 heteroatoms. The summed E-state index contributed by atoms with van der Waals surface area (Å²) < 4.78 is 5.42. The first kappa shape index (κ1) is 20.2. The van der Waals surface area contributed by atoms with Crippen molar-refractivity contribution in [2.24, 2.45) is 10.9 Å². The van der Waals surface area contributed by atoms with Crippen LogP contribution in [0.25, 0.3) is 0 Å². The molecule has 1 fully saturated rings. The van der Waals surface area contributed by atoms with Gasteiger partial charge in [-0.15, -0.1) is 24.0 Å². The summed E-state index contributed by atoms with van der Waals surface area (Å²) >= 11 is 0. The number of aliphatic imine (C=N–C) groups is 1. The number of nitrogens with zero attached hydrogens (tertiary/aromatic N) is 2. The lowest BCUT2D eigenvalue weighted by molar-refractivity contribution is 0.134. The lowest BCUT2D eigenvalue weighted by Gasteiger charge is -2.32. The second-order valence-corrected chi connectivity index (χ2v) is 6.02. The van der Waals surface area contributed by atoms with Crippen molar-refractivity contribution in [1.82, 2.24) is 10.2 Å². The van der Waals surface area contributed by atoms with Crippen molar-refractivity contribution in [3.8, 4) is 0 Å². The Kier molecular flexibility index (Phi) is 9.55. The van der Waals surface area contributed by atoms with Crippen LogP contribution in [-0.4, -0.2) is 37.6 Å². The number of ether oxygens (including phenoxy) is 1. The molecule has 4 nitrogen and oxygen atoms in total. The van der Waals surface area contributed by atoms with Gasteiger partial charge in [0.15, 0.2) is 5.96 Å². The average Bonchev–Trinajstić information content (AvgIpc) is 2.56. The van der Waals surface area contributed by atoms with E-state index in [1.165, 1.54) is 24.0 Å². The predicted molar refractivity (Wildman–Crippen MR) is 107 cm³/mol. The topological polar surface area (TPSA) is 36.9 Å². The lowest BCUT2D eigenvalue weighted by Crippen LogP contribution is -2.45. The van der Waals surface area contributed by atoms with Crippen molar-refractivity contribution in [3.05, 3.63) is 35.4 Å². The second kappa shape index (κ2) is 10.9. The fraction of sp³-hybridized carbons (Fsp3) is 0.611. The maximum atomic E-state index is 5.42. The van der Waals surface area contributed by atoms with E-state index < -0.39 is 0 Å². The Morgan fingerprint density at radius 1 is 1.22 bits per heavy atom. The Morgan fingerprint density at radius 3 is 2.39 bits per heavy atom. The average molecular weight is 431 g/mol. The number of rotatable bonds is 5. The van der Waals surface area contributed by atoms with E-state index in [9.17, 15) is 0 Å². The van der Waals surface area contributed by atoms with Crippen LogP contribution in [0.15, 0.2) is 29.3 Å². The molecule has 0 amide bonds. The fourth-order valence-electron chi connectivity index (χ4n) is 2.71. The highest BCUT2D eigenvalue weighted by atomic mass is 127. The molecule has 23 heavy (non-hydrogen) atoms. The molecule has 0 atom stereocenters. The van der Waals surface area contributed by atoms with Crippen molar-refractivity contribution in [3.63, 3.8) is 0 Å². The van der Waals surface area contributed by atoms with E-state index >= 15 is 0 Å². The van der Waals surface area contributed by atoms with Crippen molar-refractivity contribution < 1.29 is 4.74 Å². The molecule has 0 unspecified atom stereocenters. The number of benzene rings is 1. The Bertz CT molecular complexity index is 468. The van der Waals surface area contributed by atoms with E-state index in [1.807, 2.05) is 14.0 Å². The number of hydrogen-bond donors (Lipinski definition) is 1. The van der Waals surface area contributed by atoms with Gasteiger partial charge in [0.05, 0.1) is 6.61 Å². The summed E-state index contributed by atoms with van der Waals surface area (Å²) in [5.41, 5.74) is 2.49. The van der Waals surface area contributed by atoms with Gasteiger partial charge in [-0.3, -0.25) is 4.99 Å². The molecule has 0 saturated carbocycles. The first-order valence-corrected chi connectivity index (χ1v) is 8.34. The molecule has 130 valence electrons. The largest absolute Gasteiger partial charge is 0.377 e. The summed E-state index contributed by atoms with van der Waals surface area (Å²) in [5.74, 6) is 1.86. The van der Waals surface area contributed by atoms with Gasteiger partial charge in [0, 0.05) is 33.3 Å². The van der Waals surface area contributed by atoms with Crippen molar-refractivity contribution in [1.29, 1.82) is 0 Å². The summed E-state index contributed by atoms with van der Waals surface area (Å²) in [7, 11) is 1.87. The number of likely N-dealkylation sites (tertiary alicyclic amines) is 1. The van der Waals surface area contributed by atoms with Gasteiger partial charge in [-0.25, -0.2) is 0 Å². The molecule has 1 aliphatic rings. The number of nitrogens with one attached hydrogen (secondary N) is 1. The maximum Gasteiger partial charge on any atom is 0.193 e. The molecular weight excluding hydrogens is 401 g/mol. The number of hydrogen-bond acceptors (Lipinski definition) is 2. The third-order valence-corrected chi connectivity index (χ3v) is 4.24. The van der Waals surface area contributed by atoms with Crippen LogP contribution in [0, 0.1) is 5.92 Å². The molecule has 1 heterocycles. The van der Waals surface area contributed by atoms with Gasteiger partial charge in [-0.2, -0.15) is 0 Å². The quantitative estimate of drug-likeness (QED) is 0.440. The molecule has 1 saturated heterocycles. The number of guanidine groups is 1. The van der Waals surface area contributed by atoms with Crippen LogP contribution in [0.3, 0.4) is 0 Å². The van der Waals surface area contributed by atoms with Crippen LogP contribution < -0.4 is 5.32 Å². The van der Waals surface area contributed by atoms with Crippen LogP contribution >= 0.6 is 24.0 Å². The minimum Gasteiger partial charge on any atom is -0.377 e. The van der Waals surface area contributed by atoms with E-state index in [0.29, 0.717) is 6.61 Å². The Morgan fingerprint density at radius 2 is 1.83 bits per heavy atom. The summed E-state index contributed by atoms with van der Waals surface area (Å²) in [5, 5.41) is 3.48. The van der Waals surface area contributed by atoms with E-state index in [-0.39, 0.29) is 24.0 Å². The highest BCUT2D eigenvalue weighted by Gasteiger charge is 2.18. The molecule has 0 aromatic heterocycles. The number of halogens is 1. The van der Waals surface area contributed by atoms with Gasteiger partial charge >= 0.3 is 0 Å². The van der Waals surface area contributed by atoms with Crippen molar-refractivity contribution in [2.75, 3.05) is 26.7 Å². The fourth-order valence-corrected chi connectivity index (χ4v) is 2.71. The zero-order chi connectivity index (χ0) is 15.8. The third-order valence-electron chi connectivity index (χ3n) is 4.24. The zero-order valence-corrected chi connectivity index (χ0v) is 16.9. The molecule has 1 aromatic rings. The van der Waals surface area contributed by atoms with Gasteiger partial charge in [-0.1, -0.05) is 31.2 Å². The maximum absolute atomic E-state index is 5.42. The molecular formula is C18H30IN3O. The standard InChI is InChI=1S/C18H29N3O.HI/c1-4-22-14-17-7-5-16(6-8-17)13-20-18(19-3)21-11-9-15(2)10-12-21;/h5-8,15H,4,9-14H2,1-3H3,(H,19,20);1H. The number of piperidine rings is 1. The van der Waals surface area contributed by atoms with Gasteiger partial charge < -0.3 is 15.0 Å². The first-order valence-electron chi connectivity index (χ1n) is 8.34. The zero-order valence-electron chi connectivity index (χ0n) is 14.5. The normalized spacial score (nSPS) is 16.1. The lowest BCUT2D eigenvalue weighted by atomic mass is 9.99. The van der Waals surface area contributed by atoms with E-state index in [4.69, 9.17) is 4.74 Å². The highest BCUT2D eigenvalue weighted by Crippen LogP contribution is 2.16. The minimum absolute atomic E-state index is 0.